The van der Waals surface area contributed by atoms with E-state index in [1.165, 1.54) is 37.0 Å². The fourth-order valence-corrected chi connectivity index (χ4v) is 3.82. The Labute approximate surface area is 114 Å². The molecular weight excluding hydrogens is 300 g/mol. The van der Waals surface area contributed by atoms with Crippen molar-refractivity contribution in [2.75, 3.05) is 6.54 Å². The van der Waals surface area contributed by atoms with Crippen molar-refractivity contribution in [2.45, 2.75) is 37.4 Å². The van der Waals surface area contributed by atoms with E-state index in [0.717, 1.165) is 17.1 Å². The SMILES string of the molecule is Cc1ncsc1C(=O)NCC1CCCC(Br)C1. The van der Waals surface area contributed by atoms with Gasteiger partial charge in [-0.25, -0.2) is 4.98 Å². The highest BCUT2D eigenvalue weighted by atomic mass is 79.9. The van der Waals surface area contributed by atoms with Crippen LogP contribution >= 0.6 is 27.3 Å². The molecular formula is C12H17BrN2OS. The maximum atomic E-state index is 11.9. The first kappa shape index (κ1) is 13.0. The molecule has 1 amide bonds. The zero-order chi connectivity index (χ0) is 12.3. The molecule has 1 N–H and O–H groups in total. The molecule has 2 unspecified atom stereocenters. The molecule has 1 saturated carbocycles. The van der Waals surface area contributed by atoms with Crippen LogP contribution in [0.3, 0.4) is 0 Å². The maximum absolute atomic E-state index is 11.9. The summed E-state index contributed by atoms with van der Waals surface area (Å²) in [6.45, 7) is 2.67. The summed E-state index contributed by atoms with van der Waals surface area (Å²) in [7, 11) is 0. The molecule has 1 aliphatic rings. The minimum Gasteiger partial charge on any atom is -0.351 e. The first-order chi connectivity index (χ1) is 8.16. The first-order valence-corrected chi connectivity index (χ1v) is 7.78. The molecule has 2 atom stereocenters. The Kier molecular flexibility index (Phi) is 4.56. The van der Waals surface area contributed by atoms with Gasteiger partial charge in [-0.3, -0.25) is 4.79 Å². The lowest BCUT2D eigenvalue weighted by molar-refractivity contribution is 0.0947. The molecule has 1 heterocycles. The van der Waals surface area contributed by atoms with Crippen molar-refractivity contribution in [1.29, 1.82) is 0 Å². The van der Waals surface area contributed by atoms with Crippen LogP contribution in [-0.4, -0.2) is 22.3 Å². The molecule has 0 aromatic carbocycles. The summed E-state index contributed by atoms with van der Waals surface area (Å²) in [6, 6.07) is 0. The van der Waals surface area contributed by atoms with Gasteiger partial charge in [0.2, 0.25) is 0 Å². The van der Waals surface area contributed by atoms with E-state index < -0.39 is 0 Å². The number of amides is 1. The minimum absolute atomic E-state index is 0.0293. The van der Waals surface area contributed by atoms with Gasteiger partial charge in [-0.15, -0.1) is 11.3 Å². The van der Waals surface area contributed by atoms with Gasteiger partial charge >= 0.3 is 0 Å². The van der Waals surface area contributed by atoms with Gasteiger partial charge in [0.1, 0.15) is 4.88 Å². The fraction of sp³-hybridized carbons (Fsp3) is 0.667. The van der Waals surface area contributed by atoms with Crippen LogP contribution in [0.25, 0.3) is 0 Å². The minimum atomic E-state index is 0.0293. The molecule has 3 nitrogen and oxygen atoms in total. The lowest BCUT2D eigenvalue weighted by atomic mass is 9.89. The number of halogens is 1. The van der Waals surface area contributed by atoms with E-state index in [9.17, 15) is 4.79 Å². The van der Waals surface area contributed by atoms with Crippen molar-refractivity contribution >= 4 is 33.2 Å². The molecule has 17 heavy (non-hydrogen) atoms. The summed E-state index contributed by atoms with van der Waals surface area (Å²) >= 11 is 5.08. The Hall–Kier alpha value is -0.420. The number of aryl methyl sites for hydroxylation is 1. The molecule has 1 fully saturated rings. The lowest BCUT2D eigenvalue weighted by Gasteiger charge is -2.25. The van der Waals surface area contributed by atoms with Gasteiger partial charge in [0.25, 0.3) is 5.91 Å². The van der Waals surface area contributed by atoms with Gasteiger partial charge in [0.05, 0.1) is 11.2 Å². The van der Waals surface area contributed by atoms with Crippen LogP contribution in [0.15, 0.2) is 5.51 Å². The summed E-state index contributed by atoms with van der Waals surface area (Å²) in [4.78, 5) is 17.4. The zero-order valence-corrected chi connectivity index (χ0v) is 12.3. The summed E-state index contributed by atoms with van der Waals surface area (Å²) in [5.74, 6) is 0.645. The third-order valence-electron chi connectivity index (χ3n) is 3.22. The highest BCUT2D eigenvalue weighted by Crippen LogP contribution is 2.28. The molecule has 2 rings (SSSR count). The number of thiazole rings is 1. The van der Waals surface area contributed by atoms with Crippen molar-refractivity contribution < 1.29 is 4.79 Å². The monoisotopic (exact) mass is 316 g/mol. The third-order valence-corrected chi connectivity index (χ3v) is 4.98. The average molecular weight is 317 g/mol. The maximum Gasteiger partial charge on any atom is 0.263 e. The zero-order valence-electron chi connectivity index (χ0n) is 9.91. The lowest BCUT2D eigenvalue weighted by Crippen LogP contribution is -2.31. The second-order valence-electron chi connectivity index (χ2n) is 4.61. The molecule has 1 aromatic heterocycles. The van der Waals surface area contributed by atoms with E-state index in [2.05, 4.69) is 26.2 Å². The van der Waals surface area contributed by atoms with E-state index in [1.54, 1.807) is 5.51 Å². The van der Waals surface area contributed by atoms with Crippen molar-refractivity contribution in [2.24, 2.45) is 5.92 Å². The van der Waals surface area contributed by atoms with Crippen LogP contribution < -0.4 is 5.32 Å². The molecule has 1 aliphatic carbocycles. The van der Waals surface area contributed by atoms with E-state index in [1.807, 2.05) is 6.92 Å². The topological polar surface area (TPSA) is 42.0 Å². The average Bonchev–Trinajstić information content (AvgIpc) is 2.72. The Morgan fingerprint density at radius 1 is 1.65 bits per heavy atom. The standard InChI is InChI=1S/C12H17BrN2OS/c1-8-11(17-7-15-8)12(16)14-6-9-3-2-4-10(13)5-9/h7,9-10H,2-6H2,1H3,(H,14,16). The van der Waals surface area contributed by atoms with Crippen LogP contribution in [0.4, 0.5) is 0 Å². The number of alkyl halides is 1. The van der Waals surface area contributed by atoms with Gasteiger partial charge in [0.15, 0.2) is 0 Å². The number of carbonyl (C=O) groups is 1. The Bertz CT molecular complexity index is 394. The smallest absolute Gasteiger partial charge is 0.263 e. The Morgan fingerprint density at radius 2 is 2.47 bits per heavy atom. The third kappa shape index (κ3) is 3.52. The number of hydrogen-bond acceptors (Lipinski definition) is 3. The predicted molar refractivity (Wildman–Crippen MR) is 73.9 cm³/mol. The molecule has 0 saturated heterocycles. The molecule has 5 heteroatoms. The van der Waals surface area contributed by atoms with Crippen LogP contribution in [0.5, 0.6) is 0 Å². The van der Waals surface area contributed by atoms with Crippen molar-refractivity contribution in [3.05, 3.63) is 16.1 Å². The van der Waals surface area contributed by atoms with Crippen LogP contribution in [-0.2, 0) is 0 Å². The summed E-state index contributed by atoms with van der Waals surface area (Å²) in [5.41, 5.74) is 2.55. The largest absolute Gasteiger partial charge is 0.351 e. The van der Waals surface area contributed by atoms with E-state index in [4.69, 9.17) is 0 Å². The normalized spacial score (nSPS) is 24.6. The highest BCUT2D eigenvalue weighted by molar-refractivity contribution is 9.09. The van der Waals surface area contributed by atoms with E-state index in [-0.39, 0.29) is 5.91 Å². The molecule has 1 aromatic rings. The number of hydrogen-bond donors (Lipinski definition) is 1. The number of nitrogens with zero attached hydrogens (tertiary/aromatic N) is 1. The predicted octanol–water partition coefficient (Wildman–Crippen LogP) is 3.14. The molecule has 0 radical (unpaired) electrons. The van der Waals surface area contributed by atoms with Crippen LogP contribution in [0, 0.1) is 12.8 Å². The molecule has 94 valence electrons. The Morgan fingerprint density at radius 3 is 3.12 bits per heavy atom. The van der Waals surface area contributed by atoms with Crippen molar-refractivity contribution in [1.82, 2.24) is 10.3 Å². The molecule has 0 bridgehead atoms. The number of rotatable bonds is 3. The summed E-state index contributed by atoms with van der Waals surface area (Å²) < 4.78 is 0. The van der Waals surface area contributed by atoms with Crippen molar-refractivity contribution in [3.8, 4) is 0 Å². The van der Waals surface area contributed by atoms with E-state index in [0.29, 0.717) is 10.7 Å². The van der Waals surface area contributed by atoms with Gasteiger partial charge in [0, 0.05) is 11.4 Å². The summed E-state index contributed by atoms with van der Waals surface area (Å²) in [6.07, 6.45) is 4.92. The Balaban J connectivity index is 1.82. The van der Waals surface area contributed by atoms with Crippen LogP contribution in [0.2, 0.25) is 0 Å². The van der Waals surface area contributed by atoms with E-state index >= 15 is 0 Å². The highest BCUT2D eigenvalue weighted by Gasteiger charge is 2.21. The van der Waals surface area contributed by atoms with Crippen LogP contribution in [0.1, 0.15) is 41.0 Å². The van der Waals surface area contributed by atoms with Crippen molar-refractivity contribution in [3.63, 3.8) is 0 Å². The summed E-state index contributed by atoms with van der Waals surface area (Å²) in [5, 5.41) is 3.03. The first-order valence-electron chi connectivity index (χ1n) is 5.99. The second-order valence-corrected chi connectivity index (χ2v) is 6.76. The molecule has 0 aliphatic heterocycles. The number of aromatic nitrogens is 1. The van der Waals surface area contributed by atoms with Gasteiger partial charge in [-0.05, 0) is 32.1 Å². The van der Waals surface area contributed by atoms with Gasteiger partial charge in [-0.2, -0.15) is 0 Å². The molecule has 0 spiro atoms. The number of nitrogens with one attached hydrogen (secondary N) is 1. The second kappa shape index (κ2) is 5.96. The quantitative estimate of drug-likeness (QED) is 0.870. The van der Waals surface area contributed by atoms with Gasteiger partial charge < -0.3 is 5.32 Å². The number of carbonyl (C=O) groups excluding carboxylic acids is 1. The van der Waals surface area contributed by atoms with Gasteiger partial charge in [-0.1, -0.05) is 22.4 Å². The fourth-order valence-electron chi connectivity index (χ4n) is 2.25.